The van der Waals surface area contributed by atoms with E-state index in [-0.39, 0.29) is 5.41 Å². The van der Waals surface area contributed by atoms with Crippen LogP contribution in [0.2, 0.25) is 0 Å². The zero-order valence-electron chi connectivity index (χ0n) is 14.3. The summed E-state index contributed by atoms with van der Waals surface area (Å²) in [5.41, 5.74) is 0.265. The van der Waals surface area contributed by atoms with Crippen LogP contribution in [-0.4, -0.2) is 21.6 Å². The highest BCUT2D eigenvalue weighted by atomic mass is 15.1. The summed E-state index contributed by atoms with van der Waals surface area (Å²) in [5.74, 6) is 0.957. The van der Waals surface area contributed by atoms with Gasteiger partial charge in [0.1, 0.15) is 0 Å². The molecule has 1 aromatic rings. The highest BCUT2D eigenvalue weighted by molar-refractivity contribution is 4.87. The summed E-state index contributed by atoms with van der Waals surface area (Å²) >= 11 is 0. The van der Waals surface area contributed by atoms with Gasteiger partial charge in [0.25, 0.3) is 0 Å². The lowest BCUT2D eigenvalue weighted by molar-refractivity contribution is 0.214. The summed E-state index contributed by atoms with van der Waals surface area (Å²) in [7, 11) is 0. The van der Waals surface area contributed by atoms with Crippen LogP contribution in [0.15, 0.2) is 18.7 Å². The van der Waals surface area contributed by atoms with Crippen LogP contribution in [0.1, 0.15) is 66.2 Å². The van der Waals surface area contributed by atoms with E-state index < -0.39 is 0 Å². The third kappa shape index (κ3) is 5.14. The van der Waals surface area contributed by atoms with Gasteiger partial charge in [-0.05, 0) is 30.6 Å². The molecule has 3 unspecified atom stereocenters. The van der Waals surface area contributed by atoms with Gasteiger partial charge in [0.05, 0.1) is 6.33 Å². The summed E-state index contributed by atoms with van der Waals surface area (Å²) in [4.78, 5) is 4.18. The fraction of sp³-hybridized carbons (Fsp3) is 0.833. The first-order valence-electron chi connectivity index (χ1n) is 8.70. The Labute approximate surface area is 130 Å². The van der Waals surface area contributed by atoms with Gasteiger partial charge < -0.3 is 9.88 Å². The van der Waals surface area contributed by atoms with Gasteiger partial charge in [-0.2, -0.15) is 0 Å². The Morgan fingerprint density at radius 2 is 2.05 bits per heavy atom. The molecule has 1 aromatic heterocycles. The standard InChI is InChI=1S/C18H33N3/c1-5-15-7-6-8-16(10-9-15)20-17(18(2,3)4)13-21-12-11-19-14-21/h11-12,14-17,20H,5-10,13H2,1-4H3. The lowest BCUT2D eigenvalue weighted by Crippen LogP contribution is -2.48. The molecule has 1 aliphatic rings. The van der Waals surface area contributed by atoms with E-state index in [4.69, 9.17) is 0 Å². The number of nitrogens with one attached hydrogen (secondary N) is 1. The predicted molar refractivity (Wildman–Crippen MR) is 89.3 cm³/mol. The van der Waals surface area contributed by atoms with Crippen LogP contribution in [0.5, 0.6) is 0 Å². The Balaban J connectivity index is 1.95. The highest BCUT2D eigenvalue weighted by Crippen LogP contribution is 2.28. The van der Waals surface area contributed by atoms with Crippen molar-refractivity contribution in [3.05, 3.63) is 18.7 Å². The maximum absolute atomic E-state index is 4.18. The fourth-order valence-electron chi connectivity index (χ4n) is 3.42. The van der Waals surface area contributed by atoms with Crippen molar-refractivity contribution < 1.29 is 0 Å². The van der Waals surface area contributed by atoms with Crippen LogP contribution in [0.25, 0.3) is 0 Å². The normalized spacial score (nSPS) is 25.5. The van der Waals surface area contributed by atoms with Crippen molar-refractivity contribution in [1.82, 2.24) is 14.9 Å². The van der Waals surface area contributed by atoms with Gasteiger partial charge in [-0.25, -0.2) is 4.98 Å². The van der Waals surface area contributed by atoms with Crippen LogP contribution >= 0.6 is 0 Å². The van der Waals surface area contributed by atoms with E-state index in [1.807, 2.05) is 12.5 Å². The molecule has 0 saturated heterocycles. The molecule has 0 spiro atoms. The Kier molecular flexibility index (Phi) is 5.86. The van der Waals surface area contributed by atoms with Gasteiger partial charge in [-0.1, -0.05) is 47.0 Å². The second-order valence-electron chi connectivity index (χ2n) is 7.82. The molecule has 3 atom stereocenters. The Morgan fingerprint density at radius 1 is 1.24 bits per heavy atom. The summed E-state index contributed by atoms with van der Waals surface area (Å²) in [6.45, 7) is 10.4. The molecule has 21 heavy (non-hydrogen) atoms. The van der Waals surface area contributed by atoms with Crippen molar-refractivity contribution in [2.75, 3.05) is 0 Å². The summed E-state index contributed by atoms with van der Waals surface area (Å²) in [6, 6.07) is 1.18. The quantitative estimate of drug-likeness (QED) is 0.822. The van der Waals surface area contributed by atoms with E-state index in [9.17, 15) is 0 Å². The van der Waals surface area contributed by atoms with Crippen LogP contribution < -0.4 is 5.32 Å². The molecule has 1 fully saturated rings. The minimum atomic E-state index is 0.265. The second-order valence-corrected chi connectivity index (χ2v) is 7.82. The maximum Gasteiger partial charge on any atom is 0.0946 e. The van der Waals surface area contributed by atoms with Gasteiger partial charge in [-0.15, -0.1) is 0 Å². The lowest BCUT2D eigenvalue weighted by Gasteiger charge is -2.35. The molecule has 1 N–H and O–H groups in total. The number of aromatic nitrogens is 2. The molecule has 0 aromatic carbocycles. The SMILES string of the molecule is CCC1CCCC(NC(Cn2ccnc2)C(C)(C)C)CC1. The number of hydrogen-bond donors (Lipinski definition) is 1. The molecular weight excluding hydrogens is 258 g/mol. The summed E-state index contributed by atoms with van der Waals surface area (Å²) in [6.07, 6.45) is 14.1. The third-order valence-electron chi connectivity index (χ3n) is 5.10. The van der Waals surface area contributed by atoms with Gasteiger partial charge >= 0.3 is 0 Å². The number of rotatable bonds is 5. The van der Waals surface area contributed by atoms with Gasteiger partial charge in [0.2, 0.25) is 0 Å². The summed E-state index contributed by atoms with van der Waals surface area (Å²) < 4.78 is 2.20. The first-order valence-corrected chi connectivity index (χ1v) is 8.70. The van der Waals surface area contributed by atoms with Gasteiger partial charge in [0, 0.05) is 31.0 Å². The van der Waals surface area contributed by atoms with Crippen LogP contribution in [0.4, 0.5) is 0 Å². The van der Waals surface area contributed by atoms with Crippen molar-refractivity contribution in [2.45, 2.75) is 84.8 Å². The summed E-state index contributed by atoms with van der Waals surface area (Å²) in [5, 5.41) is 3.97. The molecule has 0 amide bonds. The molecular formula is C18H33N3. The number of imidazole rings is 1. The second kappa shape index (κ2) is 7.44. The smallest absolute Gasteiger partial charge is 0.0946 e. The molecule has 0 bridgehead atoms. The molecule has 1 heterocycles. The maximum atomic E-state index is 4.18. The number of nitrogens with zero attached hydrogens (tertiary/aromatic N) is 2. The molecule has 1 aliphatic carbocycles. The topological polar surface area (TPSA) is 29.9 Å². The van der Waals surface area contributed by atoms with Crippen molar-refractivity contribution in [3.63, 3.8) is 0 Å². The van der Waals surface area contributed by atoms with E-state index in [0.717, 1.165) is 12.5 Å². The predicted octanol–water partition coefficient (Wildman–Crippen LogP) is 4.25. The molecule has 0 radical (unpaired) electrons. The van der Waals surface area contributed by atoms with E-state index in [2.05, 4.69) is 48.8 Å². The largest absolute Gasteiger partial charge is 0.336 e. The van der Waals surface area contributed by atoms with Crippen LogP contribution in [-0.2, 0) is 6.54 Å². The average molecular weight is 291 g/mol. The molecule has 1 saturated carbocycles. The van der Waals surface area contributed by atoms with Crippen molar-refractivity contribution in [3.8, 4) is 0 Å². The Hall–Kier alpha value is -0.830. The molecule has 3 nitrogen and oxygen atoms in total. The number of hydrogen-bond acceptors (Lipinski definition) is 2. The van der Waals surface area contributed by atoms with E-state index in [1.54, 1.807) is 0 Å². The van der Waals surface area contributed by atoms with Gasteiger partial charge in [-0.3, -0.25) is 0 Å². The highest BCUT2D eigenvalue weighted by Gasteiger charge is 2.28. The van der Waals surface area contributed by atoms with Crippen molar-refractivity contribution >= 4 is 0 Å². The van der Waals surface area contributed by atoms with E-state index >= 15 is 0 Å². The van der Waals surface area contributed by atoms with E-state index in [0.29, 0.717) is 12.1 Å². The monoisotopic (exact) mass is 291 g/mol. The first-order chi connectivity index (χ1) is 9.99. The zero-order chi connectivity index (χ0) is 15.3. The van der Waals surface area contributed by atoms with E-state index in [1.165, 1.54) is 38.5 Å². The van der Waals surface area contributed by atoms with Gasteiger partial charge in [0.15, 0.2) is 0 Å². The van der Waals surface area contributed by atoms with Crippen molar-refractivity contribution in [2.24, 2.45) is 11.3 Å². The fourth-order valence-corrected chi connectivity index (χ4v) is 3.42. The zero-order valence-corrected chi connectivity index (χ0v) is 14.3. The lowest BCUT2D eigenvalue weighted by atomic mass is 9.85. The minimum Gasteiger partial charge on any atom is -0.336 e. The van der Waals surface area contributed by atoms with Crippen LogP contribution in [0.3, 0.4) is 0 Å². The first kappa shape index (κ1) is 16.5. The Morgan fingerprint density at radius 3 is 2.67 bits per heavy atom. The third-order valence-corrected chi connectivity index (χ3v) is 5.10. The van der Waals surface area contributed by atoms with Crippen LogP contribution in [0, 0.1) is 11.3 Å². The molecule has 3 heteroatoms. The molecule has 0 aliphatic heterocycles. The minimum absolute atomic E-state index is 0.265. The molecule has 2 rings (SSSR count). The van der Waals surface area contributed by atoms with Crippen molar-refractivity contribution in [1.29, 1.82) is 0 Å². The average Bonchev–Trinajstić information content (AvgIpc) is 2.82. The molecule has 120 valence electrons. The Bertz CT molecular complexity index is 391.